The van der Waals surface area contributed by atoms with Crippen LogP contribution < -0.4 is 4.74 Å². The average molecular weight is 555 g/mol. The summed E-state index contributed by atoms with van der Waals surface area (Å²) in [6, 6.07) is 13.0. The molecule has 39 heavy (non-hydrogen) atoms. The number of rotatable bonds is 8. The van der Waals surface area contributed by atoms with Gasteiger partial charge in [-0.3, -0.25) is 14.6 Å². The maximum absolute atomic E-state index is 12.9. The number of carbonyl (C=O) groups is 2. The van der Waals surface area contributed by atoms with Crippen LogP contribution in [-0.2, 0) is 20.7 Å². The number of amides is 2. The Kier molecular flexibility index (Phi) is 8.60. The fourth-order valence-corrected chi connectivity index (χ4v) is 5.61. The number of hydrogen-bond acceptors (Lipinski definition) is 6. The SMILES string of the molecule is CCOC(=O)N1CCc2c([nH]c3ccc(Cl)cc23)C1c1ccc(OCC(=O)N2CCN(CCOC)CC2)cc1. The van der Waals surface area contributed by atoms with E-state index in [0.717, 1.165) is 47.4 Å². The fourth-order valence-electron chi connectivity index (χ4n) is 5.43. The van der Waals surface area contributed by atoms with Crippen LogP contribution in [0.2, 0.25) is 5.02 Å². The third-order valence-electron chi connectivity index (χ3n) is 7.49. The van der Waals surface area contributed by atoms with E-state index in [9.17, 15) is 9.59 Å². The van der Waals surface area contributed by atoms with Gasteiger partial charge in [0, 0.05) is 68.0 Å². The average Bonchev–Trinajstić information content (AvgIpc) is 3.33. The Bertz CT molecular complexity index is 1300. The summed E-state index contributed by atoms with van der Waals surface area (Å²) in [4.78, 5) is 35.1. The molecule has 1 atom stereocenters. The summed E-state index contributed by atoms with van der Waals surface area (Å²) in [6.07, 6.45) is 0.354. The van der Waals surface area contributed by atoms with E-state index in [1.165, 1.54) is 0 Å². The van der Waals surface area contributed by atoms with Crippen LogP contribution in [0.5, 0.6) is 5.75 Å². The van der Waals surface area contributed by atoms with E-state index in [1.54, 1.807) is 12.0 Å². The number of halogens is 1. The first-order valence-corrected chi connectivity index (χ1v) is 13.8. The van der Waals surface area contributed by atoms with E-state index in [4.69, 9.17) is 25.8 Å². The number of carbonyl (C=O) groups excluding carboxylic acids is 2. The highest BCUT2D eigenvalue weighted by molar-refractivity contribution is 6.31. The van der Waals surface area contributed by atoms with Crippen LogP contribution in [0.3, 0.4) is 0 Å². The predicted octanol–water partition coefficient (Wildman–Crippen LogP) is 4.09. The Labute approximate surface area is 233 Å². The molecule has 10 heteroatoms. The van der Waals surface area contributed by atoms with Crippen LogP contribution >= 0.6 is 11.6 Å². The number of piperazine rings is 1. The first kappa shape index (κ1) is 27.3. The van der Waals surface area contributed by atoms with Crippen LogP contribution in [0, 0.1) is 0 Å². The molecular weight excluding hydrogens is 520 g/mol. The van der Waals surface area contributed by atoms with Crippen molar-refractivity contribution in [2.75, 3.05) is 66.2 Å². The molecule has 0 aliphatic carbocycles. The Morgan fingerprint density at radius 2 is 1.82 bits per heavy atom. The molecule has 1 saturated heterocycles. The van der Waals surface area contributed by atoms with Crippen LogP contribution in [0.4, 0.5) is 4.79 Å². The maximum Gasteiger partial charge on any atom is 0.410 e. The Morgan fingerprint density at radius 1 is 1.05 bits per heavy atom. The topological polar surface area (TPSA) is 87.3 Å². The monoisotopic (exact) mass is 554 g/mol. The second-order valence-electron chi connectivity index (χ2n) is 9.82. The van der Waals surface area contributed by atoms with Gasteiger partial charge in [0.25, 0.3) is 5.91 Å². The Balaban J connectivity index is 1.29. The summed E-state index contributed by atoms with van der Waals surface area (Å²) in [6.45, 7) is 7.26. The van der Waals surface area contributed by atoms with Gasteiger partial charge in [-0.25, -0.2) is 4.79 Å². The van der Waals surface area contributed by atoms with Crippen molar-refractivity contribution in [2.45, 2.75) is 19.4 Å². The summed E-state index contributed by atoms with van der Waals surface area (Å²) in [5.41, 5.74) is 4.02. The first-order chi connectivity index (χ1) is 19.0. The molecule has 0 radical (unpaired) electrons. The minimum absolute atomic E-state index is 0.0112. The lowest BCUT2D eigenvalue weighted by Gasteiger charge is -2.35. The molecule has 0 saturated carbocycles. The molecule has 2 amide bonds. The number of hydrogen-bond donors (Lipinski definition) is 1. The molecule has 2 aliphatic heterocycles. The van der Waals surface area contributed by atoms with E-state index >= 15 is 0 Å². The highest BCUT2D eigenvalue weighted by atomic mass is 35.5. The Hall–Kier alpha value is -3.27. The summed E-state index contributed by atoms with van der Waals surface area (Å²) in [5, 5.41) is 1.75. The van der Waals surface area contributed by atoms with Crippen molar-refractivity contribution < 1.29 is 23.8 Å². The number of benzene rings is 2. The lowest BCUT2D eigenvalue weighted by Crippen LogP contribution is -2.50. The number of H-pyrrole nitrogens is 1. The van der Waals surface area contributed by atoms with Gasteiger partial charge >= 0.3 is 6.09 Å². The fraction of sp³-hybridized carbons (Fsp3) is 0.448. The molecule has 1 unspecified atom stereocenters. The number of ether oxygens (including phenoxy) is 3. The second-order valence-corrected chi connectivity index (χ2v) is 10.3. The summed E-state index contributed by atoms with van der Waals surface area (Å²) in [5.74, 6) is 0.584. The summed E-state index contributed by atoms with van der Waals surface area (Å²) in [7, 11) is 1.70. The van der Waals surface area contributed by atoms with Gasteiger partial charge < -0.3 is 24.1 Å². The molecule has 0 spiro atoms. The molecule has 208 valence electrons. The van der Waals surface area contributed by atoms with Crippen molar-refractivity contribution in [2.24, 2.45) is 0 Å². The normalized spacial score (nSPS) is 17.8. The predicted molar refractivity (Wildman–Crippen MR) is 149 cm³/mol. The number of nitrogens with one attached hydrogen (secondary N) is 1. The largest absolute Gasteiger partial charge is 0.484 e. The number of fused-ring (bicyclic) bond motifs is 3. The first-order valence-electron chi connectivity index (χ1n) is 13.4. The van der Waals surface area contributed by atoms with Crippen LogP contribution in [0.25, 0.3) is 10.9 Å². The van der Waals surface area contributed by atoms with Gasteiger partial charge in [-0.05, 0) is 54.8 Å². The third-order valence-corrected chi connectivity index (χ3v) is 7.72. The zero-order valence-electron chi connectivity index (χ0n) is 22.5. The van der Waals surface area contributed by atoms with Gasteiger partial charge in [0.1, 0.15) is 11.8 Å². The lowest BCUT2D eigenvalue weighted by atomic mass is 9.92. The standard InChI is InChI=1S/C29H35ClN4O5/c1-3-38-29(36)34-11-10-23-24-18-21(30)6-9-25(24)31-27(23)28(34)20-4-7-22(8-5-20)39-19-26(35)33-14-12-32(13-15-33)16-17-37-2/h4-9,18,28,31H,3,10-17,19H2,1-2H3. The van der Waals surface area contributed by atoms with Crippen molar-refractivity contribution in [1.82, 2.24) is 19.7 Å². The maximum atomic E-state index is 12.9. The van der Waals surface area contributed by atoms with Gasteiger partial charge in [-0.1, -0.05) is 23.7 Å². The molecule has 1 N–H and O–H groups in total. The number of aromatic nitrogens is 1. The van der Waals surface area contributed by atoms with Crippen molar-refractivity contribution >= 4 is 34.5 Å². The molecule has 2 aromatic carbocycles. The van der Waals surface area contributed by atoms with Crippen molar-refractivity contribution in [3.63, 3.8) is 0 Å². The Morgan fingerprint density at radius 3 is 2.54 bits per heavy atom. The van der Waals surface area contributed by atoms with Crippen molar-refractivity contribution in [1.29, 1.82) is 0 Å². The molecule has 3 heterocycles. The lowest BCUT2D eigenvalue weighted by molar-refractivity contribution is -0.135. The number of nitrogens with zero attached hydrogens (tertiary/aromatic N) is 3. The van der Waals surface area contributed by atoms with Gasteiger partial charge in [0.15, 0.2) is 6.61 Å². The zero-order valence-corrected chi connectivity index (χ0v) is 23.2. The highest BCUT2D eigenvalue weighted by Crippen LogP contribution is 2.39. The molecule has 3 aromatic rings. The van der Waals surface area contributed by atoms with Gasteiger partial charge in [0.05, 0.1) is 13.2 Å². The van der Waals surface area contributed by atoms with Gasteiger partial charge in [0.2, 0.25) is 0 Å². The zero-order chi connectivity index (χ0) is 27.4. The number of aromatic amines is 1. The van der Waals surface area contributed by atoms with E-state index in [0.29, 0.717) is 50.0 Å². The molecule has 1 fully saturated rings. The van der Waals surface area contributed by atoms with E-state index in [2.05, 4.69) is 9.88 Å². The third kappa shape index (κ3) is 6.00. The van der Waals surface area contributed by atoms with Gasteiger partial charge in [-0.15, -0.1) is 0 Å². The van der Waals surface area contributed by atoms with Crippen LogP contribution in [0.15, 0.2) is 42.5 Å². The minimum Gasteiger partial charge on any atom is -0.484 e. The van der Waals surface area contributed by atoms with E-state index in [-0.39, 0.29) is 24.6 Å². The summed E-state index contributed by atoms with van der Waals surface area (Å²) >= 11 is 6.29. The molecule has 0 bridgehead atoms. The minimum atomic E-state index is -0.349. The quantitative estimate of drug-likeness (QED) is 0.451. The second kappa shape index (κ2) is 12.3. The highest BCUT2D eigenvalue weighted by Gasteiger charge is 2.35. The van der Waals surface area contributed by atoms with Gasteiger partial charge in [-0.2, -0.15) is 0 Å². The van der Waals surface area contributed by atoms with Crippen molar-refractivity contribution in [3.8, 4) is 5.75 Å². The molecule has 2 aliphatic rings. The van der Waals surface area contributed by atoms with Crippen LogP contribution in [-0.4, -0.2) is 97.9 Å². The number of methoxy groups -OCH3 is 1. The molecule has 1 aromatic heterocycles. The molecule has 9 nitrogen and oxygen atoms in total. The van der Waals surface area contributed by atoms with E-state index < -0.39 is 0 Å². The molecule has 5 rings (SSSR count). The smallest absolute Gasteiger partial charge is 0.410 e. The molecular formula is C29H35ClN4O5. The van der Waals surface area contributed by atoms with Crippen molar-refractivity contribution in [3.05, 3.63) is 64.3 Å². The summed E-state index contributed by atoms with van der Waals surface area (Å²) < 4.78 is 16.4. The van der Waals surface area contributed by atoms with Crippen LogP contribution in [0.1, 0.15) is 29.8 Å². The van der Waals surface area contributed by atoms with E-state index in [1.807, 2.05) is 54.3 Å².